The quantitative estimate of drug-likeness (QED) is 0.692. The summed E-state index contributed by atoms with van der Waals surface area (Å²) >= 11 is 0. The zero-order chi connectivity index (χ0) is 21.3. The standard InChI is InChI=1S/C22H35FN2O3/c1-20(2,3)28-18(26)17-16(10-13-24-17)25(19(27)22(6,7)14-23)15-8-11-21(4,5)12-9-15/h10,13,15,24H,8-9,11-12,14H2,1-7H3. The van der Waals surface area contributed by atoms with Crippen LogP contribution < -0.4 is 4.90 Å². The van der Waals surface area contributed by atoms with Crippen LogP contribution in [0.1, 0.15) is 84.6 Å². The lowest BCUT2D eigenvalue weighted by Gasteiger charge is -2.42. The molecule has 1 aliphatic carbocycles. The van der Waals surface area contributed by atoms with Crippen molar-refractivity contribution in [2.24, 2.45) is 10.8 Å². The Morgan fingerprint density at radius 2 is 1.79 bits per heavy atom. The van der Waals surface area contributed by atoms with E-state index in [0.717, 1.165) is 25.7 Å². The fraction of sp³-hybridized carbons (Fsp3) is 0.727. The first-order chi connectivity index (χ1) is 12.8. The molecule has 0 atom stereocenters. The maximum Gasteiger partial charge on any atom is 0.357 e. The van der Waals surface area contributed by atoms with E-state index in [1.54, 1.807) is 51.8 Å². The Balaban J connectivity index is 2.42. The molecule has 0 unspecified atom stereocenters. The van der Waals surface area contributed by atoms with Crippen LogP contribution >= 0.6 is 0 Å². The second-order valence-corrected chi connectivity index (χ2v) is 10.3. The summed E-state index contributed by atoms with van der Waals surface area (Å²) in [6, 6.07) is 1.65. The van der Waals surface area contributed by atoms with Crippen molar-refractivity contribution in [1.29, 1.82) is 0 Å². The maximum atomic E-state index is 13.6. The number of H-pyrrole nitrogens is 1. The molecule has 1 aromatic heterocycles. The first-order valence-electron chi connectivity index (χ1n) is 10.1. The van der Waals surface area contributed by atoms with Crippen LogP contribution in [0, 0.1) is 10.8 Å². The number of esters is 1. The third kappa shape index (κ3) is 5.15. The van der Waals surface area contributed by atoms with Crippen LogP contribution in [0.2, 0.25) is 0 Å². The lowest BCUT2D eigenvalue weighted by Crippen LogP contribution is -2.50. The number of rotatable bonds is 5. The van der Waals surface area contributed by atoms with Crippen LogP contribution in [0.25, 0.3) is 0 Å². The van der Waals surface area contributed by atoms with E-state index in [4.69, 9.17) is 4.74 Å². The fourth-order valence-corrected chi connectivity index (χ4v) is 3.55. The molecule has 0 aliphatic heterocycles. The van der Waals surface area contributed by atoms with Gasteiger partial charge in [0.25, 0.3) is 0 Å². The third-order valence-electron chi connectivity index (χ3n) is 5.39. The summed E-state index contributed by atoms with van der Waals surface area (Å²) in [5.41, 5.74) is -0.864. The monoisotopic (exact) mass is 394 g/mol. The van der Waals surface area contributed by atoms with Gasteiger partial charge in [-0.1, -0.05) is 13.8 Å². The van der Waals surface area contributed by atoms with E-state index in [1.807, 2.05) is 0 Å². The molecule has 0 saturated heterocycles. The van der Waals surface area contributed by atoms with Gasteiger partial charge in [0.15, 0.2) is 0 Å². The molecule has 1 N–H and O–H groups in total. The molecule has 1 aromatic rings. The number of ether oxygens (including phenoxy) is 1. The highest BCUT2D eigenvalue weighted by molar-refractivity contribution is 6.04. The zero-order valence-corrected chi connectivity index (χ0v) is 18.3. The van der Waals surface area contributed by atoms with Crippen molar-refractivity contribution in [2.45, 2.75) is 85.8 Å². The second kappa shape index (κ2) is 7.88. The number of carbonyl (C=O) groups excluding carboxylic acids is 2. The van der Waals surface area contributed by atoms with Gasteiger partial charge in [0.05, 0.1) is 11.1 Å². The largest absolute Gasteiger partial charge is 0.455 e. The van der Waals surface area contributed by atoms with Gasteiger partial charge in [-0.2, -0.15) is 0 Å². The predicted octanol–water partition coefficient (Wildman–Crippen LogP) is 5.27. The Labute approximate surface area is 168 Å². The normalized spacial score (nSPS) is 18.0. The van der Waals surface area contributed by atoms with Crippen molar-refractivity contribution in [3.8, 4) is 0 Å². The molecule has 1 aliphatic rings. The first-order valence-corrected chi connectivity index (χ1v) is 10.1. The van der Waals surface area contributed by atoms with E-state index < -0.39 is 23.7 Å². The molecular formula is C22H35FN2O3. The summed E-state index contributed by atoms with van der Waals surface area (Å²) in [6.45, 7) is 12.3. The first kappa shape index (κ1) is 22.4. The Kier molecular flexibility index (Phi) is 6.31. The van der Waals surface area contributed by atoms with Crippen LogP contribution in [0.4, 0.5) is 10.1 Å². The molecular weight excluding hydrogens is 359 g/mol. The molecule has 0 aromatic carbocycles. The van der Waals surface area contributed by atoms with Crippen molar-refractivity contribution >= 4 is 17.6 Å². The molecule has 158 valence electrons. The molecule has 28 heavy (non-hydrogen) atoms. The number of aromatic nitrogens is 1. The molecule has 6 heteroatoms. The number of aromatic amines is 1. The van der Waals surface area contributed by atoms with Crippen molar-refractivity contribution < 1.29 is 18.7 Å². The highest BCUT2D eigenvalue weighted by Gasteiger charge is 2.41. The summed E-state index contributed by atoms with van der Waals surface area (Å²) in [5, 5.41) is 0. The summed E-state index contributed by atoms with van der Waals surface area (Å²) in [7, 11) is 0. The summed E-state index contributed by atoms with van der Waals surface area (Å²) in [5.74, 6) is -0.816. The second-order valence-electron chi connectivity index (χ2n) is 10.3. The number of carbonyl (C=O) groups is 2. The number of hydrogen-bond acceptors (Lipinski definition) is 3. The average molecular weight is 395 g/mol. The molecule has 1 heterocycles. The topological polar surface area (TPSA) is 62.4 Å². The van der Waals surface area contributed by atoms with E-state index >= 15 is 0 Å². The van der Waals surface area contributed by atoms with Crippen LogP contribution in [-0.2, 0) is 9.53 Å². The van der Waals surface area contributed by atoms with Gasteiger partial charge in [0.1, 0.15) is 18.0 Å². The molecule has 1 amide bonds. The van der Waals surface area contributed by atoms with E-state index in [1.165, 1.54) is 0 Å². The van der Waals surface area contributed by atoms with Gasteiger partial charge in [-0.15, -0.1) is 0 Å². The zero-order valence-electron chi connectivity index (χ0n) is 18.3. The summed E-state index contributed by atoms with van der Waals surface area (Å²) in [6.07, 6.45) is 5.22. The Bertz CT molecular complexity index is 706. The number of halogens is 1. The molecule has 0 bridgehead atoms. The lowest BCUT2D eigenvalue weighted by atomic mass is 9.74. The Hall–Kier alpha value is -1.85. The third-order valence-corrected chi connectivity index (χ3v) is 5.39. The Morgan fingerprint density at radius 3 is 2.29 bits per heavy atom. The smallest absolute Gasteiger partial charge is 0.357 e. The molecule has 1 fully saturated rings. The van der Waals surface area contributed by atoms with Gasteiger partial charge in [0.2, 0.25) is 5.91 Å². The van der Waals surface area contributed by atoms with E-state index in [0.29, 0.717) is 5.69 Å². The number of nitrogens with one attached hydrogen (secondary N) is 1. The summed E-state index contributed by atoms with van der Waals surface area (Å²) in [4.78, 5) is 30.6. The van der Waals surface area contributed by atoms with Crippen molar-refractivity contribution in [2.75, 3.05) is 11.6 Å². The average Bonchev–Trinajstić information content (AvgIpc) is 3.04. The number of hydrogen-bond donors (Lipinski definition) is 1. The van der Waals surface area contributed by atoms with Crippen molar-refractivity contribution in [3.05, 3.63) is 18.0 Å². The SMILES string of the molecule is CC1(C)CCC(N(C(=O)C(C)(C)CF)c2cc[nH]c2C(=O)OC(C)(C)C)CC1. The van der Waals surface area contributed by atoms with Crippen LogP contribution in [0.15, 0.2) is 12.3 Å². The van der Waals surface area contributed by atoms with Gasteiger partial charge in [-0.3, -0.25) is 4.79 Å². The molecule has 0 radical (unpaired) electrons. The summed E-state index contributed by atoms with van der Waals surface area (Å²) < 4.78 is 19.2. The predicted molar refractivity (Wildman–Crippen MR) is 109 cm³/mol. The molecule has 5 nitrogen and oxygen atoms in total. The van der Waals surface area contributed by atoms with Gasteiger partial charge in [0, 0.05) is 12.2 Å². The lowest BCUT2D eigenvalue weighted by molar-refractivity contribution is -0.128. The van der Waals surface area contributed by atoms with Crippen LogP contribution in [0.5, 0.6) is 0 Å². The molecule has 2 rings (SSSR count). The van der Waals surface area contributed by atoms with E-state index in [-0.39, 0.29) is 23.1 Å². The highest BCUT2D eigenvalue weighted by Crippen LogP contribution is 2.40. The minimum atomic E-state index is -1.16. The van der Waals surface area contributed by atoms with Crippen molar-refractivity contribution in [3.63, 3.8) is 0 Å². The maximum absolute atomic E-state index is 13.6. The number of anilines is 1. The van der Waals surface area contributed by atoms with Gasteiger partial charge < -0.3 is 14.6 Å². The number of alkyl halides is 1. The minimum absolute atomic E-state index is 0.0664. The minimum Gasteiger partial charge on any atom is -0.455 e. The van der Waals surface area contributed by atoms with Crippen LogP contribution in [-0.4, -0.2) is 35.2 Å². The molecule has 1 saturated carbocycles. The van der Waals surface area contributed by atoms with E-state index in [2.05, 4.69) is 18.8 Å². The molecule has 0 spiro atoms. The number of nitrogens with zero attached hydrogens (tertiary/aromatic N) is 1. The van der Waals surface area contributed by atoms with E-state index in [9.17, 15) is 14.0 Å². The van der Waals surface area contributed by atoms with Crippen LogP contribution in [0.3, 0.4) is 0 Å². The van der Waals surface area contributed by atoms with Gasteiger partial charge in [-0.25, -0.2) is 9.18 Å². The number of amides is 1. The van der Waals surface area contributed by atoms with Gasteiger partial charge in [-0.05, 0) is 71.8 Å². The fourth-order valence-electron chi connectivity index (χ4n) is 3.55. The van der Waals surface area contributed by atoms with Crippen molar-refractivity contribution in [1.82, 2.24) is 4.98 Å². The Morgan fingerprint density at radius 1 is 1.21 bits per heavy atom. The van der Waals surface area contributed by atoms with Gasteiger partial charge >= 0.3 is 5.97 Å². The highest BCUT2D eigenvalue weighted by atomic mass is 19.1.